The molecule has 0 saturated carbocycles. The van der Waals surface area contributed by atoms with Crippen molar-refractivity contribution in [2.45, 2.75) is 13.0 Å². The van der Waals surface area contributed by atoms with E-state index in [4.69, 9.17) is 9.15 Å². The Morgan fingerprint density at radius 1 is 0.828 bits per heavy atom. The number of hydrogen-bond donors (Lipinski definition) is 1. The van der Waals surface area contributed by atoms with E-state index in [1.165, 1.54) is 0 Å². The van der Waals surface area contributed by atoms with E-state index >= 15 is 0 Å². The highest BCUT2D eigenvalue weighted by Crippen LogP contribution is 2.30. The number of fused-ring (bicyclic) bond motifs is 4. The summed E-state index contributed by atoms with van der Waals surface area (Å²) in [6, 6.07) is 27.4. The van der Waals surface area contributed by atoms with Crippen LogP contribution in [0.2, 0.25) is 0 Å². The van der Waals surface area contributed by atoms with Gasteiger partial charge in [0.1, 0.15) is 16.9 Å². The zero-order valence-corrected chi connectivity index (χ0v) is 15.9. The van der Waals surface area contributed by atoms with Crippen LogP contribution in [0.5, 0.6) is 5.75 Å². The molecule has 29 heavy (non-hydrogen) atoms. The summed E-state index contributed by atoms with van der Waals surface area (Å²) in [6.45, 7) is 1.75. The van der Waals surface area contributed by atoms with E-state index in [-0.39, 0.29) is 5.91 Å². The van der Waals surface area contributed by atoms with Crippen LogP contribution in [0, 0.1) is 0 Å². The van der Waals surface area contributed by atoms with Crippen molar-refractivity contribution >= 4 is 44.3 Å². The SMILES string of the molecule is C[C@H](Oc1cccc2ccccc12)C(=O)Nc1ccc2c(c1)oc1ccccc12. The first-order valence-electron chi connectivity index (χ1n) is 9.55. The second-order valence-electron chi connectivity index (χ2n) is 7.04. The molecule has 5 aromatic rings. The molecule has 0 fully saturated rings. The van der Waals surface area contributed by atoms with Gasteiger partial charge in [0.05, 0.1) is 0 Å². The topological polar surface area (TPSA) is 51.5 Å². The van der Waals surface area contributed by atoms with Crippen LogP contribution in [0.3, 0.4) is 0 Å². The molecule has 0 unspecified atom stereocenters. The number of amides is 1. The zero-order valence-electron chi connectivity index (χ0n) is 15.9. The Labute approximate surface area is 167 Å². The molecule has 0 radical (unpaired) electrons. The van der Waals surface area contributed by atoms with Gasteiger partial charge in [0.15, 0.2) is 6.10 Å². The quantitative estimate of drug-likeness (QED) is 0.406. The lowest BCUT2D eigenvalue weighted by Gasteiger charge is -2.16. The maximum absolute atomic E-state index is 12.7. The fourth-order valence-corrected chi connectivity index (χ4v) is 3.59. The van der Waals surface area contributed by atoms with Gasteiger partial charge in [-0.05, 0) is 36.6 Å². The molecule has 4 heteroatoms. The summed E-state index contributed by atoms with van der Waals surface area (Å²) < 4.78 is 11.9. The molecule has 5 rings (SSSR count). The minimum absolute atomic E-state index is 0.214. The number of furan rings is 1. The van der Waals surface area contributed by atoms with Crippen molar-refractivity contribution in [1.82, 2.24) is 0 Å². The van der Waals surface area contributed by atoms with E-state index in [0.717, 1.165) is 32.7 Å². The summed E-state index contributed by atoms with van der Waals surface area (Å²) in [5, 5.41) is 7.07. The molecule has 0 spiro atoms. The second kappa shape index (κ2) is 6.99. The molecule has 142 valence electrons. The highest BCUT2D eigenvalue weighted by molar-refractivity contribution is 6.06. The molecule has 1 aromatic heterocycles. The third-order valence-corrected chi connectivity index (χ3v) is 5.07. The minimum atomic E-state index is -0.646. The maximum atomic E-state index is 12.7. The van der Waals surface area contributed by atoms with Crippen LogP contribution in [0.4, 0.5) is 5.69 Å². The Morgan fingerprint density at radius 2 is 1.55 bits per heavy atom. The summed E-state index contributed by atoms with van der Waals surface area (Å²) in [4.78, 5) is 12.7. The average Bonchev–Trinajstić information content (AvgIpc) is 3.11. The number of carbonyl (C=O) groups excluding carboxylic acids is 1. The smallest absolute Gasteiger partial charge is 0.265 e. The van der Waals surface area contributed by atoms with Gasteiger partial charge in [-0.2, -0.15) is 0 Å². The van der Waals surface area contributed by atoms with Gasteiger partial charge in [-0.3, -0.25) is 4.79 Å². The molecule has 4 nitrogen and oxygen atoms in total. The molecule has 1 N–H and O–H groups in total. The molecule has 4 aromatic carbocycles. The first-order chi connectivity index (χ1) is 14.2. The first-order valence-corrected chi connectivity index (χ1v) is 9.55. The van der Waals surface area contributed by atoms with Gasteiger partial charge in [-0.1, -0.05) is 54.6 Å². The second-order valence-corrected chi connectivity index (χ2v) is 7.04. The van der Waals surface area contributed by atoms with Gasteiger partial charge in [-0.15, -0.1) is 0 Å². The van der Waals surface area contributed by atoms with Crippen LogP contribution in [-0.4, -0.2) is 12.0 Å². The van der Waals surface area contributed by atoms with E-state index in [9.17, 15) is 4.79 Å². The van der Waals surface area contributed by atoms with Crippen molar-refractivity contribution in [3.05, 3.63) is 84.9 Å². The molecular weight excluding hydrogens is 362 g/mol. The van der Waals surface area contributed by atoms with Gasteiger partial charge in [0.2, 0.25) is 0 Å². The number of benzene rings is 4. The summed E-state index contributed by atoms with van der Waals surface area (Å²) in [5.74, 6) is 0.479. The number of para-hydroxylation sites is 1. The molecule has 1 heterocycles. The third-order valence-electron chi connectivity index (χ3n) is 5.07. The van der Waals surface area contributed by atoms with E-state index < -0.39 is 6.10 Å². The summed E-state index contributed by atoms with van der Waals surface area (Å²) in [6.07, 6.45) is -0.646. The number of nitrogens with one attached hydrogen (secondary N) is 1. The number of rotatable bonds is 4. The number of ether oxygens (including phenoxy) is 1. The summed E-state index contributed by atoms with van der Waals surface area (Å²) in [5.41, 5.74) is 2.25. The van der Waals surface area contributed by atoms with Crippen LogP contribution < -0.4 is 10.1 Å². The summed E-state index contributed by atoms with van der Waals surface area (Å²) in [7, 11) is 0. The molecule has 0 aliphatic rings. The Hall–Kier alpha value is -3.79. The normalized spacial score (nSPS) is 12.3. The fraction of sp³-hybridized carbons (Fsp3) is 0.0800. The number of carbonyl (C=O) groups is 1. The monoisotopic (exact) mass is 381 g/mol. The summed E-state index contributed by atoms with van der Waals surface area (Å²) >= 11 is 0. The zero-order chi connectivity index (χ0) is 19.8. The van der Waals surface area contributed by atoms with Crippen LogP contribution in [-0.2, 0) is 4.79 Å². The number of hydrogen-bond acceptors (Lipinski definition) is 3. The van der Waals surface area contributed by atoms with Crippen molar-refractivity contribution < 1.29 is 13.9 Å². The highest BCUT2D eigenvalue weighted by Gasteiger charge is 2.17. The Bertz CT molecular complexity index is 1350. The van der Waals surface area contributed by atoms with Crippen LogP contribution in [0.25, 0.3) is 32.7 Å². The Kier molecular flexibility index (Phi) is 4.17. The lowest BCUT2D eigenvalue weighted by atomic mass is 10.1. The molecule has 0 aliphatic carbocycles. The lowest BCUT2D eigenvalue weighted by Crippen LogP contribution is -2.30. The highest BCUT2D eigenvalue weighted by atomic mass is 16.5. The molecule has 1 amide bonds. The van der Waals surface area contributed by atoms with Gasteiger partial charge >= 0.3 is 0 Å². The predicted molar refractivity (Wildman–Crippen MR) is 116 cm³/mol. The van der Waals surface area contributed by atoms with E-state index in [0.29, 0.717) is 11.4 Å². The van der Waals surface area contributed by atoms with Crippen molar-refractivity contribution in [3.8, 4) is 5.75 Å². The fourth-order valence-electron chi connectivity index (χ4n) is 3.59. The molecule has 1 atom stereocenters. The van der Waals surface area contributed by atoms with Crippen molar-refractivity contribution in [2.75, 3.05) is 5.32 Å². The van der Waals surface area contributed by atoms with Gasteiger partial charge in [-0.25, -0.2) is 0 Å². The Morgan fingerprint density at radius 3 is 2.45 bits per heavy atom. The van der Waals surface area contributed by atoms with Crippen LogP contribution in [0.1, 0.15) is 6.92 Å². The standard InChI is InChI=1S/C25H19NO3/c1-16(28-22-12-6-8-17-7-2-3-9-19(17)22)25(27)26-18-13-14-21-20-10-4-5-11-23(20)29-24(21)15-18/h2-16H,1H3,(H,26,27)/t16-/m0/s1. The predicted octanol–water partition coefficient (Wildman–Crippen LogP) is 6.15. The Balaban J connectivity index is 1.37. The molecule has 0 saturated heterocycles. The maximum Gasteiger partial charge on any atom is 0.265 e. The largest absolute Gasteiger partial charge is 0.480 e. The first kappa shape index (κ1) is 17.3. The van der Waals surface area contributed by atoms with Gasteiger partial charge in [0.25, 0.3) is 5.91 Å². The van der Waals surface area contributed by atoms with Crippen molar-refractivity contribution in [2.24, 2.45) is 0 Å². The average molecular weight is 381 g/mol. The minimum Gasteiger partial charge on any atom is -0.480 e. The van der Waals surface area contributed by atoms with Crippen LogP contribution >= 0.6 is 0 Å². The number of anilines is 1. The van der Waals surface area contributed by atoms with E-state index in [1.54, 1.807) is 6.92 Å². The van der Waals surface area contributed by atoms with Crippen molar-refractivity contribution in [1.29, 1.82) is 0 Å². The molecule has 0 aliphatic heterocycles. The van der Waals surface area contributed by atoms with Gasteiger partial charge < -0.3 is 14.5 Å². The van der Waals surface area contributed by atoms with Gasteiger partial charge in [0, 0.05) is 27.9 Å². The van der Waals surface area contributed by atoms with Crippen molar-refractivity contribution in [3.63, 3.8) is 0 Å². The van der Waals surface area contributed by atoms with E-state index in [2.05, 4.69) is 5.32 Å². The third kappa shape index (κ3) is 3.19. The lowest BCUT2D eigenvalue weighted by molar-refractivity contribution is -0.122. The molecule has 0 bridgehead atoms. The van der Waals surface area contributed by atoms with E-state index in [1.807, 2.05) is 84.9 Å². The molecular formula is C25H19NO3. The van der Waals surface area contributed by atoms with Crippen LogP contribution in [0.15, 0.2) is 89.3 Å².